The first kappa shape index (κ1) is 23.1. The molecule has 0 spiro atoms. The number of guanidine groups is 1. The fourth-order valence-corrected chi connectivity index (χ4v) is 3.34. The van der Waals surface area contributed by atoms with Crippen LogP contribution >= 0.6 is 24.0 Å². The molecule has 3 rings (SSSR count). The first-order chi connectivity index (χ1) is 13.8. The summed E-state index contributed by atoms with van der Waals surface area (Å²) in [5.41, 5.74) is 1.23. The molecule has 1 amide bonds. The fraction of sp³-hybridized carbons (Fsp3) is 0.429. The number of aliphatic imine (C=N–C) groups is 1. The van der Waals surface area contributed by atoms with Crippen molar-refractivity contribution in [3.63, 3.8) is 0 Å². The molecule has 0 aliphatic carbocycles. The summed E-state index contributed by atoms with van der Waals surface area (Å²) in [4.78, 5) is 21.0. The van der Waals surface area contributed by atoms with Crippen LogP contribution in [0.2, 0.25) is 0 Å². The van der Waals surface area contributed by atoms with E-state index in [9.17, 15) is 4.79 Å². The molecule has 0 atom stereocenters. The highest BCUT2D eigenvalue weighted by Gasteiger charge is 2.20. The second-order valence-electron chi connectivity index (χ2n) is 6.80. The average Bonchev–Trinajstić information content (AvgIpc) is 3.27. The van der Waals surface area contributed by atoms with Crippen molar-refractivity contribution < 1.29 is 4.79 Å². The van der Waals surface area contributed by atoms with Crippen LogP contribution in [0, 0.1) is 0 Å². The zero-order chi connectivity index (χ0) is 19.6. The van der Waals surface area contributed by atoms with Gasteiger partial charge in [-0.3, -0.25) is 9.79 Å². The molecule has 0 bridgehead atoms. The van der Waals surface area contributed by atoms with Gasteiger partial charge in [-0.1, -0.05) is 18.2 Å². The molecule has 2 N–H and O–H groups in total. The number of piperazine rings is 1. The Morgan fingerprint density at radius 3 is 2.28 bits per heavy atom. The van der Waals surface area contributed by atoms with Crippen LogP contribution in [0.25, 0.3) is 0 Å². The van der Waals surface area contributed by atoms with Crippen LogP contribution in [0.1, 0.15) is 6.42 Å². The minimum absolute atomic E-state index is 0. The molecule has 8 heteroatoms. The highest BCUT2D eigenvalue weighted by Crippen LogP contribution is 2.15. The number of hydrogen-bond acceptors (Lipinski definition) is 3. The van der Waals surface area contributed by atoms with E-state index in [4.69, 9.17) is 0 Å². The Kier molecular flexibility index (Phi) is 9.82. The van der Waals surface area contributed by atoms with E-state index in [-0.39, 0.29) is 29.9 Å². The van der Waals surface area contributed by atoms with Crippen LogP contribution in [0.5, 0.6) is 0 Å². The Hall–Kier alpha value is -2.23. The van der Waals surface area contributed by atoms with Gasteiger partial charge in [0.25, 0.3) is 0 Å². The predicted molar refractivity (Wildman–Crippen MR) is 129 cm³/mol. The van der Waals surface area contributed by atoms with Gasteiger partial charge in [-0.25, -0.2) is 0 Å². The van der Waals surface area contributed by atoms with Crippen molar-refractivity contribution in [3.05, 3.63) is 54.9 Å². The first-order valence-corrected chi connectivity index (χ1v) is 9.89. The lowest BCUT2D eigenvalue weighted by Crippen LogP contribution is -2.49. The van der Waals surface area contributed by atoms with E-state index < -0.39 is 0 Å². The normalized spacial score (nSPS) is 14.3. The Morgan fingerprint density at radius 1 is 0.966 bits per heavy atom. The standard InChI is InChI=1S/C21H30N6O.HI/c1-22-21(24-11-14-25-12-5-6-13-25)23-10-9-20(28)27-17-15-26(16-18-27)19-7-3-2-4-8-19;/h2-8,12-13H,9-11,14-18H2,1H3,(H2,22,23,24);1H. The third kappa shape index (κ3) is 7.26. The molecular weight excluding hydrogens is 479 g/mol. The zero-order valence-corrected chi connectivity index (χ0v) is 19.3. The maximum absolute atomic E-state index is 12.5. The van der Waals surface area contributed by atoms with Crippen LogP contribution in [-0.4, -0.2) is 67.6 Å². The third-order valence-electron chi connectivity index (χ3n) is 4.94. The van der Waals surface area contributed by atoms with Gasteiger partial charge < -0.3 is 25.0 Å². The summed E-state index contributed by atoms with van der Waals surface area (Å²) in [5.74, 6) is 0.928. The number of nitrogens with zero attached hydrogens (tertiary/aromatic N) is 4. The summed E-state index contributed by atoms with van der Waals surface area (Å²) in [6.07, 6.45) is 4.55. The monoisotopic (exact) mass is 510 g/mol. The number of halogens is 1. The van der Waals surface area contributed by atoms with Crippen molar-refractivity contribution in [3.8, 4) is 0 Å². The van der Waals surface area contributed by atoms with Crippen molar-refractivity contribution in [1.29, 1.82) is 0 Å². The summed E-state index contributed by atoms with van der Waals surface area (Å²) in [5, 5.41) is 6.50. The maximum atomic E-state index is 12.5. The SMILES string of the molecule is CN=C(NCCC(=O)N1CCN(c2ccccc2)CC1)NCCn1cccc1.I. The summed E-state index contributed by atoms with van der Waals surface area (Å²) in [6, 6.07) is 14.4. The Bertz CT molecular complexity index is 742. The Balaban J connectivity index is 0.00000300. The number of rotatable bonds is 7. The Labute approximate surface area is 190 Å². The van der Waals surface area contributed by atoms with E-state index in [2.05, 4.69) is 49.4 Å². The van der Waals surface area contributed by atoms with Gasteiger partial charge >= 0.3 is 0 Å². The van der Waals surface area contributed by atoms with Crippen molar-refractivity contribution >= 4 is 41.5 Å². The van der Waals surface area contributed by atoms with Crippen molar-refractivity contribution in [2.45, 2.75) is 13.0 Å². The van der Waals surface area contributed by atoms with Crippen LogP contribution in [-0.2, 0) is 11.3 Å². The molecule has 1 aromatic heterocycles. The van der Waals surface area contributed by atoms with Gasteiger partial charge in [0.15, 0.2) is 5.96 Å². The molecule has 1 aromatic carbocycles. The predicted octanol–water partition coefficient (Wildman–Crippen LogP) is 2.01. The number of aromatic nitrogens is 1. The molecule has 0 radical (unpaired) electrons. The lowest BCUT2D eigenvalue weighted by atomic mass is 10.2. The second kappa shape index (κ2) is 12.4. The number of nitrogens with one attached hydrogen (secondary N) is 2. The second-order valence-corrected chi connectivity index (χ2v) is 6.80. The number of amides is 1. The van der Waals surface area contributed by atoms with Crippen molar-refractivity contribution in [2.75, 3.05) is 51.2 Å². The minimum Gasteiger partial charge on any atom is -0.368 e. The van der Waals surface area contributed by atoms with Crippen LogP contribution < -0.4 is 15.5 Å². The highest BCUT2D eigenvalue weighted by atomic mass is 127. The van der Waals surface area contributed by atoms with Gasteiger partial charge in [0.2, 0.25) is 5.91 Å². The van der Waals surface area contributed by atoms with E-state index in [0.29, 0.717) is 13.0 Å². The summed E-state index contributed by atoms with van der Waals surface area (Å²) in [6.45, 7) is 5.55. The molecule has 29 heavy (non-hydrogen) atoms. The summed E-state index contributed by atoms with van der Waals surface area (Å²) < 4.78 is 2.11. The van der Waals surface area contributed by atoms with Crippen LogP contribution in [0.15, 0.2) is 59.9 Å². The molecule has 2 aromatic rings. The van der Waals surface area contributed by atoms with Crippen LogP contribution in [0.4, 0.5) is 5.69 Å². The largest absolute Gasteiger partial charge is 0.368 e. The van der Waals surface area contributed by atoms with Gasteiger partial charge in [0.1, 0.15) is 0 Å². The molecule has 7 nitrogen and oxygen atoms in total. The number of para-hydroxylation sites is 1. The third-order valence-corrected chi connectivity index (χ3v) is 4.94. The van der Waals surface area contributed by atoms with Gasteiger partial charge in [0.05, 0.1) is 0 Å². The van der Waals surface area contributed by atoms with Crippen molar-refractivity contribution in [1.82, 2.24) is 20.1 Å². The number of anilines is 1. The van der Waals surface area contributed by atoms with E-state index in [1.54, 1.807) is 7.05 Å². The molecule has 1 fully saturated rings. The average molecular weight is 510 g/mol. The molecule has 0 saturated carbocycles. The molecule has 158 valence electrons. The molecular formula is C21H31IN6O. The number of hydrogen-bond donors (Lipinski definition) is 2. The van der Waals surface area contributed by atoms with Crippen molar-refractivity contribution in [2.24, 2.45) is 4.99 Å². The highest BCUT2D eigenvalue weighted by molar-refractivity contribution is 14.0. The lowest BCUT2D eigenvalue weighted by molar-refractivity contribution is -0.131. The Morgan fingerprint density at radius 2 is 1.62 bits per heavy atom. The van der Waals surface area contributed by atoms with Gasteiger partial charge in [-0.05, 0) is 24.3 Å². The smallest absolute Gasteiger partial charge is 0.224 e. The number of benzene rings is 1. The topological polar surface area (TPSA) is 64.9 Å². The zero-order valence-electron chi connectivity index (χ0n) is 17.0. The molecule has 1 saturated heterocycles. The van der Waals surface area contributed by atoms with Crippen LogP contribution in [0.3, 0.4) is 0 Å². The summed E-state index contributed by atoms with van der Waals surface area (Å²) >= 11 is 0. The number of carbonyl (C=O) groups excluding carboxylic acids is 1. The van der Waals surface area contributed by atoms with Gasteiger partial charge in [-0.2, -0.15) is 0 Å². The van der Waals surface area contributed by atoms with E-state index in [0.717, 1.165) is 45.2 Å². The minimum atomic E-state index is 0. The summed E-state index contributed by atoms with van der Waals surface area (Å²) in [7, 11) is 1.75. The first-order valence-electron chi connectivity index (χ1n) is 9.89. The molecule has 0 unspecified atom stereocenters. The molecule has 1 aliphatic heterocycles. The molecule has 1 aliphatic rings. The maximum Gasteiger partial charge on any atom is 0.224 e. The molecule has 2 heterocycles. The van der Waals surface area contributed by atoms with E-state index in [1.807, 2.05) is 35.5 Å². The van der Waals surface area contributed by atoms with Gasteiger partial charge in [0, 0.05) is 77.4 Å². The number of carbonyl (C=O) groups is 1. The van der Waals surface area contributed by atoms with E-state index in [1.165, 1.54) is 5.69 Å². The van der Waals surface area contributed by atoms with Gasteiger partial charge in [-0.15, -0.1) is 24.0 Å². The fourth-order valence-electron chi connectivity index (χ4n) is 3.34. The lowest BCUT2D eigenvalue weighted by Gasteiger charge is -2.36. The quantitative estimate of drug-likeness (QED) is 0.340. The van der Waals surface area contributed by atoms with E-state index >= 15 is 0 Å².